The van der Waals surface area contributed by atoms with Crippen LogP contribution in [0.2, 0.25) is 0 Å². The van der Waals surface area contributed by atoms with Crippen molar-refractivity contribution in [2.24, 2.45) is 0 Å². The number of rotatable bonds is 6. The van der Waals surface area contributed by atoms with Crippen molar-refractivity contribution in [1.82, 2.24) is 5.32 Å². The van der Waals surface area contributed by atoms with Gasteiger partial charge in [-0.05, 0) is 18.5 Å². The lowest BCUT2D eigenvalue weighted by atomic mass is 9.84. The molecule has 0 aromatic heterocycles. The Morgan fingerprint density at radius 3 is 2.47 bits per heavy atom. The van der Waals surface area contributed by atoms with Gasteiger partial charge >= 0.3 is 0 Å². The molecule has 1 rings (SSSR count). The summed E-state index contributed by atoms with van der Waals surface area (Å²) in [6.45, 7) is 6.55. The minimum Gasteiger partial charge on any atom is -0.396 e. The second-order valence-electron chi connectivity index (χ2n) is 4.50. The topological polar surface area (TPSA) is 32.3 Å². The molecule has 0 bridgehead atoms. The third kappa shape index (κ3) is 4.02. The van der Waals surface area contributed by atoms with Crippen LogP contribution < -0.4 is 5.32 Å². The zero-order chi connectivity index (χ0) is 11.1. The maximum absolute atomic E-state index is 8.67. The Morgan fingerprint density at radius 2 is 1.87 bits per heavy atom. The molecule has 2 nitrogen and oxygen atoms in total. The normalized spacial score (nSPS) is 11.7. The molecular weight excluding hydrogens is 186 g/mol. The van der Waals surface area contributed by atoms with E-state index < -0.39 is 0 Å². The molecule has 0 aliphatic carbocycles. The summed E-state index contributed by atoms with van der Waals surface area (Å²) in [5.74, 6) is 0. The molecule has 0 fully saturated rings. The Labute approximate surface area is 92.3 Å². The van der Waals surface area contributed by atoms with E-state index in [9.17, 15) is 0 Å². The van der Waals surface area contributed by atoms with E-state index in [1.54, 1.807) is 0 Å². The molecule has 0 radical (unpaired) electrons. The van der Waals surface area contributed by atoms with Crippen LogP contribution in [0.4, 0.5) is 0 Å². The standard InChI is InChI=1S/C13H21NO/c1-13(2,11-14-9-6-10-15)12-7-4-3-5-8-12/h3-5,7-8,14-15H,6,9-11H2,1-2H3. The van der Waals surface area contributed by atoms with Gasteiger partial charge in [-0.1, -0.05) is 44.2 Å². The van der Waals surface area contributed by atoms with Gasteiger partial charge < -0.3 is 10.4 Å². The summed E-state index contributed by atoms with van der Waals surface area (Å²) in [6, 6.07) is 10.5. The van der Waals surface area contributed by atoms with Crippen molar-refractivity contribution in [2.75, 3.05) is 19.7 Å². The number of hydrogen-bond acceptors (Lipinski definition) is 2. The number of benzene rings is 1. The summed E-state index contributed by atoms with van der Waals surface area (Å²) < 4.78 is 0. The van der Waals surface area contributed by atoms with Crippen molar-refractivity contribution in [2.45, 2.75) is 25.7 Å². The number of nitrogens with one attached hydrogen (secondary N) is 1. The van der Waals surface area contributed by atoms with Crippen LogP contribution in [0, 0.1) is 0 Å². The summed E-state index contributed by atoms with van der Waals surface area (Å²) in [4.78, 5) is 0. The fourth-order valence-corrected chi connectivity index (χ4v) is 1.60. The quantitative estimate of drug-likeness (QED) is 0.699. The Hall–Kier alpha value is -0.860. The monoisotopic (exact) mass is 207 g/mol. The molecule has 1 aromatic rings. The van der Waals surface area contributed by atoms with Gasteiger partial charge in [-0.3, -0.25) is 0 Å². The van der Waals surface area contributed by atoms with E-state index in [0.29, 0.717) is 0 Å². The first-order valence-electron chi connectivity index (χ1n) is 5.54. The summed E-state index contributed by atoms with van der Waals surface area (Å²) in [5.41, 5.74) is 1.50. The maximum atomic E-state index is 8.67. The van der Waals surface area contributed by atoms with E-state index in [1.807, 2.05) is 6.07 Å². The molecule has 2 heteroatoms. The molecule has 0 spiro atoms. The average Bonchev–Trinajstić information content (AvgIpc) is 2.26. The highest BCUT2D eigenvalue weighted by molar-refractivity contribution is 5.23. The van der Waals surface area contributed by atoms with E-state index in [4.69, 9.17) is 5.11 Å². The molecule has 0 aliphatic heterocycles. The molecule has 0 saturated carbocycles. The SMILES string of the molecule is CC(C)(CNCCCO)c1ccccc1. The fourth-order valence-electron chi connectivity index (χ4n) is 1.60. The zero-order valence-electron chi connectivity index (χ0n) is 9.66. The lowest BCUT2D eigenvalue weighted by molar-refractivity contribution is 0.284. The molecule has 1 aromatic carbocycles. The minimum absolute atomic E-state index is 0.150. The van der Waals surface area contributed by atoms with Crippen LogP contribution in [0.15, 0.2) is 30.3 Å². The van der Waals surface area contributed by atoms with E-state index in [2.05, 4.69) is 43.4 Å². The molecule has 2 N–H and O–H groups in total. The van der Waals surface area contributed by atoms with Crippen molar-refractivity contribution in [3.63, 3.8) is 0 Å². The van der Waals surface area contributed by atoms with E-state index in [-0.39, 0.29) is 12.0 Å². The largest absolute Gasteiger partial charge is 0.396 e. The molecule has 0 unspecified atom stereocenters. The van der Waals surface area contributed by atoms with Crippen LogP contribution >= 0.6 is 0 Å². The molecule has 0 saturated heterocycles. The molecule has 0 amide bonds. The highest BCUT2D eigenvalue weighted by Gasteiger charge is 2.19. The van der Waals surface area contributed by atoms with Crippen molar-refractivity contribution in [1.29, 1.82) is 0 Å². The van der Waals surface area contributed by atoms with Crippen molar-refractivity contribution < 1.29 is 5.11 Å². The molecule has 0 heterocycles. The molecule has 0 aliphatic rings. The second-order valence-corrected chi connectivity index (χ2v) is 4.50. The smallest absolute Gasteiger partial charge is 0.0443 e. The van der Waals surface area contributed by atoms with Gasteiger partial charge in [0, 0.05) is 18.6 Å². The number of aliphatic hydroxyl groups is 1. The summed E-state index contributed by atoms with van der Waals surface area (Å²) in [7, 11) is 0. The number of aliphatic hydroxyl groups excluding tert-OH is 1. The zero-order valence-corrected chi connectivity index (χ0v) is 9.66. The summed E-state index contributed by atoms with van der Waals surface area (Å²) in [5, 5.41) is 12.0. The minimum atomic E-state index is 0.150. The van der Waals surface area contributed by atoms with E-state index in [1.165, 1.54) is 5.56 Å². The first-order valence-corrected chi connectivity index (χ1v) is 5.54. The van der Waals surface area contributed by atoms with Crippen LogP contribution in [0.3, 0.4) is 0 Å². The lowest BCUT2D eigenvalue weighted by Crippen LogP contribution is -2.33. The molecule has 0 atom stereocenters. The van der Waals surface area contributed by atoms with Gasteiger partial charge in [0.05, 0.1) is 0 Å². The predicted molar refractivity (Wildman–Crippen MR) is 64.0 cm³/mol. The highest BCUT2D eigenvalue weighted by Crippen LogP contribution is 2.21. The van der Waals surface area contributed by atoms with Crippen LogP contribution in [0.25, 0.3) is 0 Å². The van der Waals surface area contributed by atoms with E-state index in [0.717, 1.165) is 19.5 Å². The fraction of sp³-hybridized carbons (Fsp3) is 0.538. The third-order valence-electron chi connectivity index (χ3n) is 2.63. The molecule has 15 heavy (non-hydrogen) atoms. The Morgan fingerprint density at radius 1 is 1.20 bits per heavy atom. The van der Waals surface area contributed by atoms with Crippen LogP contribution in [-0.2, 0) is 5.41 Å². The van der Waals surface area contributed by atoms with Crippen LogP contribution in [-0.4, -0.2) is 24.8 Å². The van der Waals surface area contributed by atoms with Crippen LogP contribution in [0.1, 0.15) is 25.8 Å². The Balaban J connectivity index is 2.45. The summed E-state index contributed by atoms with van der Waals surface area (Å²) >= 11 is 0. The van der Waals surface area contributed by atoms with Gasteiger partial charge in [-0.15, -0.1) is 0 Å². The van der Waals surface area contributed by atoms with Gasteiger partial charge in [0.1, 0.15) is 0 Å². The van der Waals surface area contributed by atoms with E-state index >= 15 is 0 Å². The Bertz CT molecular complexity index is 269. The first kappa shape index (κ1) is 12.2. The summed E-state index contributed by atoms with van der Waals surface area (Å²) in [6.07, 6.45) is 0.824. The second kappa shape index (κ2) is 5.89. The third-order valence-corrected chi connectivity index (χ3v) is 2.63. The van der Waals surface area contributed by atoms with Crippen molar-refractivity contribution >= 4 is 0 Å². The van der Waals surface area contributed by atoms with Gasteiger partial charge in [-0.2, -0.15) is 0 Å². The van der Waals surface area contributed by atoms with Gasteiger partial charge in [0.15, 0.2) is 0 Å². The maximum Gasteiger partial charge on any atom is 0.0443 e. The number of hydrogen-bond donors (Lipinski definition) is 2. The predicted octanol–water partition coefficient (Wildman–Crippen LogP) is 1.94. The van der Waals surface area contributed by atoms with Crippen molar-refractivity contribution in [3.8, 4) is 0 Å². The average molecular weight is 207 g/mol. The Kier molecular flexibility index (Phi) is 4.79. The van der Waals surface area contributed by atoms with Crippen molar-refractivity contribution in [3.05, 3.63) is 35.9 Å². The van der Waals surface area contributed by atoms with Crippen LogP contribution in [0.5, 0.6) is 0 Å². The van der Waals surface area contributed by atoms with Gasteiger partial charge in [-0.25, -0.2) is 0 Å². The highest BCUT2D eigenvalue weighted by atomic mass is 16.3. The lowest BCUT2D eigenvalue weighted by Gasteiger charge is -2.25. The van der Waals surface area contributed by atoms with Gasteiger partial charge in [0.25, 0.3) is 0 Å². The van der Waals surface area contributed by atoms with Gasteiger partial charge in [0.2, 0.25) is 0 Å². The first-order chi connectivity index (χ1) is 7.17. The molecule has 84 valence electrons. The molecular formula is C13H21NO.